The minimum absolute atomic E-state index is 0. The van der Waals surface area contributed by atoms with Crippen LogP contribution in [0.25, 0.3) is 0 Å². The average molecular weight is 339 g/mol. The van der Waals surface area contributed by atoms with Crippen LogP contribution in [0.3, 0.4) is 0 Å². The molecule has 2 aromatic rings. The lowest BCUT2D eigenvalue weighted by Crippen LogP contribution is -2.17. The fourth-order valence-electron chi connectivity index (χ4n) is 2.76. The van der Waals surface area contributed by atoms with E-state index in [0.29, 0.717) is 0 Å². The van der Waals surface area contributed by atoms with E-state index >= 15 is 0 Å². The van der Waals surface area contributed by atoms with Gasteiger partial charge in [-0.3, -0.25) is 4.68 Å². The highest BCUT2D eigenvalue weighted by molar-refractivity contribution is 5.85. The van der Waals surface area contributed by atoms with Gasteiger partial charge in [0, 0.05) is 50.3 Å². The highest BCUT2D eigenvalue weighted by atomic mass is 35.5. The molecule has 0 bridgehead atoms. The monoisotopic (exact) mass is 338 g/mol. The maximum absolute atomic E-state index is 5.82. The van der Waals surface area contributed by atoms with Crippen molar-refractivity contribution in [2.75, 3.05) is 13.7 Å². The lowest BCUT2D eigenvalue weighted by atomic mass is 10.1. The highest BCUT2D eigenvalue weighted by Crippen LogP contribution is 2.34. The summed E-state index contributed by atoms with van der Waals surface area (Å²) in [7, 11) is 3.59. The number of aromatic nitrogens is 3. The van der Waals surface area contributed by atoms with Crippen molar-refractivity contribution in [3.05, 3.63) is 35.2 Å². The molecule has 0 saturated heterocycles. The molecule has 1 aliphatic rings. The van der Waals surface area contributed by atoms with Crippen molar-refractivity contribution >= 4 is 12.4 Å². The number of hydrogen-bond acceptors (Lipinski definition) is 5. The molecule has 0 radical (unpaired) electrons. The zero-order chi connectivity index (χ0) is 15.5. The molecule has 1 atom stereocenters. The molecular formula is C16H23ClN4O2. The second-order valence-electron chi connectivity index (χ2n) is 5.71. The number of hydrogen-bond donors (Lipinski definition) is 1. The van der Waals surface area contributed by atoms with E-state index in [9.17, 15) is 0 Å². The number of fused-ring (bicyclic) bond motifs is 1. The van der Waals surface area contributed by atoms with Crippen molar-refractivity contribution in [3.63, 3.8) is 0 Å². The largest absolute Gasteiger partial charge is 0.496 e. The van der Waals surface area contributed by atoms with Gasteiger partial charge >= 0.3 is 0 Å². The minimum atomic E-state index is 0. The van der Waals surface area contributed by atoms with Gasteiger partial charge < -0.3 is 14.8 Å². The van der Waals surface area contributed by atoms with Crippen LogP contribution in [-0.4, -0.2) is 34.8 Å². The van der Waals surface area contributed by atoms with E-state index in [1.165, 1.54) is 5.56 Å². The van der Waals surface area contributed by atoms with Crippen molar-refractivity contribution < 1.29 is 9.47 Å². The van der Waals surface area contributed by atoms with Crippen LogP contribution < -0.4 is 14.8 Å². The summed E-state index contributed by atoms with van der Waals surface area (Å²) in [5, 5.41) is 11.4. The Morgan fingerprint density at radius 3 is 2.96 bits per heavy atom. The molecule has 0 fully saturated rings. The van der Waals surface area contributed by atoms with E-state index in [4.69, 9.17) is 9.47 Å². The Labute approximate surface area is 142 Å². The molecule has 23 heavy (non-hydrogen) atoms. The maximum Gasteiger partial charge on any atom is 0.123 e. The zero-order valence-electron chi connectivity index (χ0n) is 13.7. The number of benzene rings is 1. The van der Waals surface area contributed by atoms with Gasteiger partial charge in [0.25, 0.3) is 0 Å². The van der Waals surface area contributed by atoms with Gasteiger partial charge in [0.05, 0.1) is 12.8 Å². The quantitative estimate of drug-likeness (QED) is 0.815. The molecule has 7 heteroatoms. The molecule has 126 valence electrons. The smallest absolute Gasteiger partial charge is 0.123 e. The Hall–Kier alpha value is -1.79. The summed E-state index contributed by atoms with van der Waals surface area (Å²) in [6.07, 6.45) is 3.99. The first-order chi connectivity index (χ1) is 10.7. The van der Waals surface area contributed by atoms with Crippen LogP contribution in [-0.2, 0) is 26.4 Å². The molecule has 6 nitrogen and oxygen atoms in total. The van der Waals surface area contributed by atoms with Crippen molar-refractivity contribution in [3.8, 4) is 11.5 Å². The third-order valence-corrected chi connectivity index (χ3v) is 3.82. The number of rotatable bonds is 6. The Morgan fingerprint density at radius 2 is 2.26 bits per heavy atom. The summed E-state index contributed by atoms with van der Waals surface area (Å²) < 4.78 is 13.0. The lowest BCUT2D eigenvalue weighted by molar-refractivity contribution is 0.254. The molecule has 1 unspecified atom stereocenters. The third-order valence-electron chi connectivity index (χ3n) is 3.82. The van der Waals surface area contributed by atoms with Gasteiger partial charge in [-0.1, -0.05) is 5.21 Å². The second-order valence-corrected chi connectivity index (χ2v) is 5.71. The van der Waals surface area contributed by atoms with E-state index in [-0.39, 0.29) is 18.5 Å². The van der Waals surface area contributed by atoms with Crippen molar-refractivity contribution in [2.24, 2.45) is 7.05 Å². The summed E-state index contributed by atoms with van der Waals surface area (Å²) >= 11 is 0. The van der Waals surface area contributed by atoms with Gasteiger partial charge in [0.15, 0.2) is 0 Å². The van der Waals surface area contributed by atoms with Crippen LogP contribution in [0, 0.1) is 0 Å². The van der Waals surface area contributed by atoms with Gasteiger partial charge in [-0.25, -0.2) is 0 Å². The first-order valence-corrected chi connectivity index (χ1v) is 7.58. The van der Waals surface area contributed by atoms with Gasteiger partial charge in [-0.15, -0.1) is 17.5 Å². The van der Waals surface area contributed by atoms with Crippen molar-refractivity contribution in [2.45, 2.75) is 32.4 Å². The lowest BCUT2D eigenvalue weighted by Gasteiger charge is -2.11. The molecule has 1 aliphatic heterocycles. The van der Waals surface area contributed by atoms with Crippen molar-refractivity contribution in [1.29, 1.82) is 0 Å². The Balaban J connectivity index is 0.00000192. The Bertz CT molecular complexity index is 660. The summed E-state index contributed by atoms with van der Waals surface area (Å²) in [6, 6.07) is 4.19. The Morgan fingerprint density at radius 1 is 1.43 bits per heavy atom. The maximum atomic E-state index is 5.82. The average Bonchev–Trinajstić information content (AvgIpc) is 3.06. The van der Waals surface area contributed by atoms with Crippen LogP contribution in [0.5, 0.6) is 11.5 Å². The Kier molecular flexibility index (Phi) is 5.85. The summed E-state index contributed by atoms with van der Waals surface area (Å²) in [5.74, 6) is 1.91. The standard InChI is InChI=1S/C16H22N4O2.ClH/c1-11-6-12-7-15(21-3)13(8-16(12)22-11)9-17-5-4-14-10-20(2)19-18-14;/h7-8,10-11,17H,4-6,9H2,1-3H3;1H. The van der Waals surface area contributed by atoms with Crippen molar-refractivity contribution in [1.82, 2.24) is 20.3 Å². The molecule has 1 aromatic carbocycles. The van der Waals surface area contributed by atoms with E-state index in [1.807, 2.05) is 13.2 Å². The van der Waals surface area contributed by atoms with Crippen LogP contribution in [0.4, 0.5) is 0 Å². The summed E-state index contributed by atoms with van der Waals surface area (Å²) in [4.78, 5) is 0. The predicted octanol–water partition coefficient (Wildman–Crippen LogP) is 1.90. The topological polar surface area (TPSA) is 61.2 Å². The fraction of sp³-hybridized carbons (Fsp3) is 0.500. The fourth-order valence-corrected chi connectivity index (χ4v) is 2.76. The van der Waals surface area contributed by atoms with Gasteiger partial charge in [0.1, 0.15) is 17.6 Å². The van der Waals surface area contributed by atoms with Gasteiger partial charge in [0.2, 0.25) is 0 Å². The SMILES string of the molecule is COc1cc2c(cc1CNCCc1cn(C)nn1)OC(C)C2.Cl. The molecule has 0 amide bonds. The number of halogens is 1. The van der Waals surface area contributed by atoms with E-state index in [2.05, 4.69) is 34.7 Å². The molecule has 0 spiro atoms. The number of methoxy groups -OCH3 is 1. The number of ether oxygens (including phenoxy) is 2. The third kappa shape index (κ3) is 4.14. The van der Waals surface area contributed by atoms with E-state index in [1.54, 1.807) is 11.8 Å². The summed E-state index contributed by atoms with van der Waals surface area (Å²) in [6.45, 7) is 3.68. The molecule has 0 aliphatic carbocycles. The van der Waals surface area contributed by atoms with Gasteiger partial charge in [-0.2, -0.15) is 0 Å². The predicted molar refractivity (Wildman–Crippen MR) is 90.4 cm³/mol. The first-order valence-electron chi connectivity index (χ1n) is 7.58. The number of nitrogens with zero attached hydrogens (tertiary/aromatic N) is 3. The summed E-state index contributed by atoms with van der Waals surface area (Å²) in [5.41, 5.74) is 3.34. The first kappa shape index (κ1) is 17.6. The van der Waals surface area contributed by atoms with E-state index < -0.39 is 0 Å². The molecular weight excluding hydrogens is 316 g/mol. The molecule has 2 heterocycles. The normalized spacial score (nSPS) is 15.7. The molecule has 1 aromatic heterocycles. The van der Waals surface area contributed by atoms with E-state index in [0.717, 1.165) is 48.7 Å². The zero-order valence-corrected chi connectivity index (χ0v) is 14.5. The molecule has 1 N–H and O–H groups in total. The second kappa shape index (κ2) is 7.66. The number of aryl methyl sites for hydroxylation is 1. The van der Waals surface area contributed by atoms with Crippen LogP contribution in [0.2, 0.25) is 0 Å². The molecule has 0 saturated carbocycles. The van der Waals surface area contributed by atoms with Crippen LogP contribution >= 0.6 is 12.4 Å². The highest BCUT2D eigenvalue weighted by Gasteiger charge is 2.21. The van der Waals surface area contributed by atoms with Gasteiger partial charge in [-0.05, 0) is 19.1 Å². The number of nitrogens with one attached hydrogen (secondary N) is 1. The molecule has 3 rings (SSSR count). The van der Waals surface area contributed by atoms with Crippen LogP contribution in [0.15, 0.2) is 18.3 Å². The minimum Gasteiger partial charge on any atom is -0.496 e. The van der Waals surface area contributed by atoms with Crippen LogP contribution in [0.1, 0.15) is 23.7 Å².